The van der Waals surface area contributed by atoms with Crippen LogP contribution in [0.15, 0.2) is 18.2 Å². The largest absolute Gasteiger partial charge is 0.497 e. The first-order valence-corrected chi connectivity index (χ1v) is 7.58. The van der Waals surface area contributed by atoms with Gasteiger partial charge in [-0.3, -0.25) is 0 Å². The normalized spacial score (nSPS) is 13.0. The summed E-state index contributed by atoms with van der Waals surface area (Å²) in [5.74, 6) is 1.68. The molecule has 0 heterocycles. The highest BCUT2D eigenvalue weighted by Crippen LogP contribution is 2.34. The van der Waals surface area contributed by atoms with E-state index in [1.807, 2.05) is 18.2 Å². The van der Waals surface area contributed by atoms with Crippen LogP contribution in [-0.4, -0.2) is 38.0 Å². The Balaban J connectivity index is 2.82. The van der Waals surface area contributed by atoms with Gasteiger partial charge in [0, 0.05) is 5.56 Å². The van der Waals surface area contributed by atoms with Gasteiger partial charge in [-0.2, -0.15) is 0 Å². The summed E-state index contributed by atoms with van der Waals surface area (Å²) in [7, 11) is 1.67. The van der Waals surface area contributed by atoms with Crippen molar-refractivity contribution in [3.63, 3.8) is 0 Å². The van der Waals surface area contributed by atoms with Crippen LogP contribution in [0.5, 0.6) is 11.5 Å². The number of hydrogen-bond acceptors (Lipinski definition) is 4. The third-order valence-electron chi connectivity index (χ3n) is 3.34. The first-order valence-electron chi connectivity index (χ1n) is 7.58. The van der Waals surface area contributed by atoms with Crippen molar-refractivity contribution in [1.82, 2.24) is 5.32 Å². The molecule has 0 aliphatic carbocycles. The lowest BCUT2D eigenvalue weighted by Gasteiger charge is -2.25. The fourth-order valence-electron chi connectivity index (χ4n) is 2.06. The number of nitrogens with one attached hydrogen (secondary N) is 1. The summed E-state index contributed by atoms with van der Waals surface area (Å²) < 4.78 is 11.2. The lowest BCUT2D eigenvalue weighted by atomic mass is 9.86. The van der Waals surface area contributed by atoms with Crippen LogP contribution in [0.3, 0.4) is 0 Å². The maximum absolute atomic E-state index is 9.38. The fourth-order valence-corrected chi connectivity index (χ4v) is 2.06. The molecular weight excluding hydrogens is 266 g/mol. The van der Waals surface area contributed by atoms with Crippen LogP contribution in [0.25, 0.3) is 0 Å². The number of methoxy groups -OCH3 is 1. The molecule has 0 fully saturated rings. The maximum atomic E-state index is 9.38. The summed E-state index contributed by atoms with van der Waals surface area (Å²) in [5.41, 5.74) is 1.07. The Morgan fingerprint density at radius 3 is 2.52 bits per heavy atom. The molecule has 0 bridgehead atoms. The van der Waals surface area contributed by atoms with Crippen LogP contribution in [0, 0.1) is 0 Å². The summed E-state index contributed by atoms with van der Waals surface area (Å²) >= 11 is 0. The van der Waals surface area contributed by atoms with E-state index in [1.54, 1.807) is 7.11 Å². The van der Waals surface area contributed by atoms with Crippen LogP contribution in [0.2, 0.25) is 0 Å². The third kappa shape index (κ3) is 5.56. The molecule has 1 rings (SSSR count). The minimum atomic E-state index is -0.0418. The Morgan fingerprint density at radius 2 is 2.00 bits per heavy atom. The van der Waals surface area contributed by atoms with Crippen molar-refractivity contribution in [3.8, 4) is 11.5 Å². The molecule has 0 aromatic heterocycles. The van der Waals surface area contributed by atoms with Crippen molar-refractivity contribution in [2.75, 3.05) is 26.9 Å². The molecule has 1 aromatic carbocycles. The molecular formula is C17H29NO3. The molecule has 0 aliphatic heterocycles. The summed E-state index contributed by atoms with van der Waals surface area (Å²) in [6.07, 6.45) is 1.03. The summed E-state index contributed by atoms with van der Waals surface area (Å²) in [5, 5.41) is 12.6. The van der Waals surface area contributed by atoms with Crippen LogP contribution >= 0.6 is 0 Å². The highest BCUT2D eigenvalue weighted by Gasteiger charge is 2.20. The highest BCUT2D eigenvalue weighted by molar-refractivity contribution is 5.44. The third-order valence-corrected chi connectivity index (χ3v) is 3.34. The summed E-state index contributed by atoms with van der Waals surface area (Å²) in [6, 6.07) is 5.81. The van der Waals surface area contributed by atoms with E-state index in [-0.39, 0.29) is 18.1 Å². The molecule has 0 aliphatic rings. The molecule has 120 valence electrons. The Kier molecular flexibility index (Phi) is 6.99. The average molecular weight is 295 g/mol. The van der Waals surface area contributed by atoms with Gasteiger partial charge in [0.05, 0.1) is 19.8 Å². The van der Waals surface area contributed by atoms with E-state index in [4.69, 9.17) is 9.47 Å². The quantitative estimate of drug-likeness (QED) is 0.774. The zero-order valence-corrected chi connectivity index (χ0v) is 13.9. The topological polar surface area (TPSA) is 50.7 Å². The second kappa shape index (κ2) is 8.25. The average Bonchev–Trinajstić information content (AvgIpc) is 2.46. The van der Waals surface area contributed by atoms with E-state index in [2.05, 4.69) is 33.0 Å². The lowest BCUT2D eigenvalue weighted by Crippen LogP contribution is -2.38. The second-order valence-electron chi connectivity index (χ2n) is 6.26. The van der Waals surface area contributed by atoms with Gasteiger partial charge in [-0.25, -0.2) is 0 Å². The molecule has 1 unspecified atom stereocenters. The van der Waals surface area contributed by atoms with Gasteiger partial charge in [0.2, 0.25) is 0 Å². The Morgan fingerprint density at radius 1 is 1.29 bits per heavy atom. The Labute approximate surface area is 128 Å². The van der Waals surface area contributed by atoms with Gasteiger partial charge in [-0.1, -0.05) is 27.7 Å². The van der Waals surface area contributed by atoms with Crippen molar-refractivity contribution < 1.29 is 14.6 Å². The Bertz CT molecular complexity index is 427. The number of aliphatic hydroxyl groups excluding tert-OH is 1. The Hall–Kier alpha value is -1.26. The van der Waals surface area contributed by atoms with Crippen molar-refractivity contribution in [2.45, 2.75) is 45.6 Å². The predicted molar refractivity (Wildman–Crippen MR) is 86.4 cm³/mol. The van der Waals surface area contributed by atoms with Crippen molar-refractivity contribution >= 4 is 0 Å². The van der Waals surface area contributed by atoms with Gasteiger partial charge in [-0.05, 0) is 36.6 Å². The molecule has 0 saturated carbocycles. The summed E-state index contributed by atoms with van der Waals surface area (Å²) in [6.45, 7) is 9.94. The monoisotopic (exact) mass is 295 g/mol. The maximum Gasteiger partial charge on any atom is 0.123 e. The minimum absolute atomic E-state index is 0.0323. The second-order valence-corrected chi connectivity index (χ2v) is 6.26. The van der Waals surface area contributed by atoms with Crippen LogP contribution < -0.4 is 14.8 Å². The molecule has 4 nitrogen and oxygen atoms in total. The van der Waals surface area contributed by atoms with E-state index < -0.39 is 0 Å². The van der Waals surface area contributed by atoms with Gasteiger partial charge in [0.25, 0.3) is 0 Å². The van der Waals surface area contributed by atoms with E-state index >= 15 is 0 Å². The van der Waals surface area contributed by atoms with Gasteiger partial charge in [0.1, 0.15) is 18.1 Å². The first kappa shape index (κ1) is 17.8. The highest BCUT2D eigenvalue weighted by atomic mass is 16.5. The molecule has 21 heavy (non-hydrogen) atoms. The number of rotatable bonds is 8. The van der Waals surface area contributed by atoms with Gasteiger partial charge < -0.3 is 19.9 Å². The van der Waals surface area contributed by atoms with Crippen molar-refractivity contribution in [2.24, 2.45) is 0 Å². The van der Waals surface area contributed by atoms with Crippen molar-refractivity contribution in [1.29, 1.82) is 0 Å². The smallest absolute Gasteiger partial charge is 0.123 e. The minimum Gasteiger partial charge on any atom is -0.497 e. The van der Waals surface area contributed by atoms with Crippen molar-refractivity contribution in [3.05, 3.63) is 23.8 Å². The molecule has 1 aromatic rings. The lowest BCUT2D eigenvalue weighted by molar-refractivity contribution is 0.181. The number of ether oxygens (including phenoxy) is 2. The van der Waals surface area contributed by atoms with Gasteiger partial charge in [0.15, 0.2) is 0 Å². The summed E-state index contributed by atoms with van der Waals surface area (Å²) in [4.78, 5) is 0. The molecule has 0 amide bonds. The van der Waals surface area contributed by atoms with Gasteiger partial charge >= 0.3 is 0 Å². The first-order chi connectivity index (χ1) is 9.92. The van der Waals surface area contributed by atoms with Crippen LogP contribution in [-0.2, 0) is 5.41 Å². The predicted octanol–water partition coefficient (Wildman–Crippen LogP) is 2.73. The molecule has 2 N–H and O–H groups in total. The fraction of sp³-hybridized carbons (Fsp3) is 0.647. The van der Waals surface area contributed by atoms with E-state index in [0.717, 1.165) is 30.0 Å². The zero-order chi connectivity index (χ0) is 15.9. The number of hydrogen-bond donors (Lipinski definition) is 2. The zero-order valence-electron chi connectivity index (χ0n) is 13.9. The van der Waals surface area contributed by atoms with Crippen LogP contribution in [0.4, 0.5) is 0 Å². The number of aliphatic hydroxyl groups is 1. The van der Waals surface area contributed by atoms with E-state index in [9.17, 15) is 5.11 Å². The van der Waals surface area contributed by atoms with Crippen LogP contribution in [0.1, 0.15) is 39.7 Å². The SMILES string of the molecule is CCCNC(CO)COc1ccc(OC)cc1C(C)(C)C. The molecule has 4 heteroatoms. The van der Waals surface area contributed by atoms with Gasteiger partial charge in [-0.15, -0.1) is 0 Å². The van der Waals surface area contributed by atoms with E-state index in [0.29, 0.717) is 6.61 Å². The molecule has 0 radical (unpaired) electrons. The molecule has 1 atom stereocenters. The standard InChI is InChI=1S/C17H29NO3/c1-6-9-18-13(11-19)12-21-16-8-7-14(20-5)10-15(16)17(2,3)4/h7-8,10,13,18-19H,6,9,11-12H2,1-5H3. The molecule has 0 spiro atoms. The molecule has 0 saturated heterocycles. The number of benzene rings is 1. The van der Waals surface area contributed by atoms with E-state index in [1.165, 1.54) is 0 Å².